The van der Waals surface area contributed by atoms with Gasteiger partial charge in [-0.25, -0.2) is 0 Å². The van der Waals surface area contributed by atoms with Crippen molar-refractivity contribution in [2.45, 2.75) is 6.42 Å². The molecule has 0 radical (unpaired) electrons. The van der Waals surface area contributed by atoms with Crippen LogP contribution in [0.25, 0.3) is 0 Å². The summed E-state index contributed by atoms with van der Waals surface area (Å²) in [4.78, 5) is 13.6. The van der Waals surface area contributed by atoms with Gasteiger partial charge < -0.3 is 10.2 Å². The van der Waals surface area contributed by atoms with Gasteiger partial charge in [-0.1, -0.05) is 43.0 Å². The van der Waals surface area contributed by atoms with E-state index in [4.69, 9.17) is 0 Å². The molecule has 3 heteroatoms. The number of allylic oxidation sites excluding steroid dienone is 2. The normalized spacial score (nSPS) is 10.8. The fourth-order valence-corrected chi connectivity index (χ4v) is 1.38. The highest BCUT2D eigenvalue weighted by atomic mass is 16.1. The van der Waals surface area contributed by atoms with Crippen molar-refractivity contribution in [1.82, 2.24) is 10.2 Å². The number of rotatable bonds is 5. The Bertz CT molecular complexity index is 407. The van der Waals surface area contributed by atoms with Crippen LogP contribution in [0.2, 0.25) is 0 Å². The second-order valence-corrected chi connectivity index (χ2v) is 3.89. The van der Waals surface area contributed by atoms with Crippen molar-refractivity contribution in [2.75, 3.05) is 14.1 Å². The van der Waals surface area contributed by atoms with Gasteiger partial charge in [0.2, 0.25) is 5.91 Å². The number of hydrogen-bond donors (Lipinski definition) is 1. The number of carbonyl (C=O) groups is 1. The summed E-state index contributed by atoms with van der Waals surface area (Å²) in [7, 11) is 3.75. The van der Waals surface area contributed by atoms with Gasteiger partial charge in [0, 0.05) is 14.1 Å². The van der Waals surface area contributed by atoms with E-state index < -0.39 is 0 Å². The number of amides is 1. The van der Waals surface area contributed by atoms with Crippen molar-refractivity contribution in [3.05, 3.63) is 60.4 Å². The lowest BCUT2D eigenvalue weighted by molar-refractivity contribution is -0.120. The van der Waals surface area contributed by atoms with E-state index in [1.807, 2.05) is 49.3 Å². The third-order valence-corrected chi connectivity index (χ3v) is 2.23. The quantitative estimate of drug-likeness (QED) is 0.784. The summed E-state index contributed by atoms with van der Waals surface area (Å²) in [6, 6.07) is 9.66. The van der Waals surface area contributed by atoms with Gasteiger partial charge in [-0.3, -0.25) is 4.79 Å². The minimum atomic E-state index is -0.0296. The average molecular weight is 230 g/mol. The van der Waals surface area contributed by atoms with Crippen molar-refractivity contribution >= 4 is 5.91 Å². The Hall–Kier alpha value is -2.03. The van der Waals surface area contributed by atoms with Crippen LogP contribution >= 0.6 is 0 Å². The van der Waals surface area contributed by atoms with Gasteiger partial charge in [-0.05, 0) is 11.6 Å². The highest BCUT2D eigenvalue weighted by Gasteiger charge is 2.06. The molecule has 1 aromatic rings. The largest absolute Gasteiger partial charge is 0.364 e. The fourth-order valence-electron chi connectivity index (χ4n) is 1.38. The highest BCUT2D eigenvalue weighted by molar-refractivity contribution is 5.80. The molecule has 0 aliphatic carbocycles. The van der Waals surface area contributed by atoms with Crippen LogP contribution in [0.15, 0.2) is 54.9 Å². The molecule has 0 saturated carbocycles. The molecule has 0 heterocycles. The van der Waals surface area contributed by atoms with Gasteiger partial charge in [0.05, 0.1) is 6.42 Å². The zero-order valence-electron chi connectivity index (χ0n) is 10.3. The topological polar surface area (TPSA) is 32.3 Å². The van der Waals surface area contributed by atoms with Crippen molar-refractivity contribution in [1.29, 1.82) is 0 Å². The summed E-state index contributed by atoms with van der Waals surface area (Å²) >= 11 is 0. The molecule has 0 atom stereocenters. The monoisotopic (exact) mass is 230 g/mol. The number of benzene rings is 1. The van der Waals surface area contributed by atoms with Crippen LogP contribution in [0.1, 0.15) is 5.56 Å². The Balaban J connectivity index is 2.60. The van der Waals surface area contributed by atoms with Crippen molar-refractivity contribution < 1.29 is 4.79 Å². The van der Waals surface area contributed by atoms with Gasteiger partial charge >= 0.3 is 0 Å². The first kappa shape index (κ1) is 13.0. The smallest absolute Gasteiger partial charge is 0.229 e. The summed E-state index contributed by atoms with van der Waals surface area (Å²) in [5.74, 6) is 0.707. The van der Waals surface area contributed by atoms with Gasteiger partial charge in [0.15, 0.2) is 0 Å². The molecule has 0 aliphatic heterocycles. The molecule has 1 N–H and O–H groups in total. The lowest BCUT2D eigenvalue weighted by Crippen LogP contribution is -2.31. The van der Waals surface area contributed by atoms with E-state index in [0.717, 1.165) is 11.4 Å². The Labute approximate surface area is 102 Å². The minimum absolute atomic E-state index is 0.0296. The summed E-state index contributed by atoms with van der Waals surface area (Å²) in [5, 5.41) is 2.84. The molecule has 0 unspecified atom stereocenters. The van der Waals surface area contributed by atoms with E-state index in [1.165, 1.54) is 0 Å². The molecule has 0 aromatic heterocycles. The Morgan fingerprint density at radius 3 is 2.53 bits per heavy atom. The van der Waals surface area contributed by atoms with Gasteiger partial charge in [0.25, 0.3) is 0 Å². The average Bonchev–Trinajstić information content (AvgIpc) is 2.29. The Kier molecular flexibility index (Phi) is 5.01. The van der Waals surface area contributed by atoms with E-state index in [2.05, 4.69) is 11.9 Å². The number of nitrogens with one attached hydrogen (secondary N) is 1. The third kappa shape index (κ3) is 4.55. The van der Waals surface area contributed by atoms with Gasteiger partial charge in [-0.2, -0.15) is 0 Å². The molecule has 0 fully saturated rings. The van der Waals surface area contributed by atoms with Gasteiger partial charge in [0.1, 0.15) is 5.82 Å². The number of hydrogen-bond acceptors (Lipinski definition) is 2. The Morgan fingerprint density at radius 1 is 1.35 bits per heavy atom. The zero-order valence-corrected chi connectivity index (χ0v) is 10.3. The minimum Gasteiger partial charge on any atom is -0.364 e. The predicted molar refractivity (Wildman–Crippen MR) is 70.3 cm³/mol. The second-order valence-electron chi connectivity index (χ2n) is 3.89. The van der Waals surface area contributed by atoms with Crippen molar-refractivity contribution in [3.8, 4) is 0 Å². The maximum atomic E-state index is 11.8. The molecule has 1 amide bonds. The molecule has 0 saturated heterocycles. The summed E-state index contributed by atoms with van der Waals surface area (Å²) in [6.07, 6.45) is 3.80. The molecule has 0 bridgehead atoms. The lowest BCUT2D eigenvalue weighted by Gasteiger charge is -2.17. The molecule has 17 heavy (non-hydrogen) atoms. The first-order chi connectivity index (χ1) is 8.13. The lowest BCUT2D eigenvalue weighted by atomic mass is 10.1. The van der Waals surface area contributed by atoms with E-state index >= 15 is 0 Å². The fraction of sp³-hybridized carbons (Fsp3) is 0.214. The first-order valence-electron chi connectivity index (χ1n) is 5.47. The molecule has 1 aromatic carbocycles. The summed E-state index contributed by atoms with van der Waals surface area (Å²) in [6.45, 7) is 3.62. The van der Waals surface area contributed by atoms with Gasteiger partial charge in [-0.15, -0.1) is 0 Å². The van der Waals surface area contributed by atoms with E-state index in [-0.39, 0.29) is 5.91 Å². The second kappa shape index (κ2) is 6.53. The number of carbonyl (C=O) groups excluding carboxylic acids is 1. The van der Waals surface area contributed by atoms with E-state index in [9.17, 15) is 4.79 Å². The molecule has 3 nitrogen and oxygen atoms in total. The molecular weight excluding hydrogens is 212 g/mol. The van der Waals surface area contributed by atoms with Crippen LogP contribution in [0.3, 0.4) is 0 Å². The zero-order chi connectivity index (χ0) is 12.7. The van der Waals surface area contributed by atoms with E-state index in [1.54, 1.807) is 12.2 Å². The van der Waals surface area contributed by atoms with Crippen LogP contribution in [0, 0.1) is 0 Å². The molecule has 90 valence electrons. The maximum absolute atomic E-state index is 11.8. The molecule has 0 aliphatic rings. The SMILES string of the molecule is C=C/C=C(/NC(=O)Cc1ccccc1)N(C)C. The van der Waals surface area contributed by atoms with Crippen LogP contribution in [-0.2, 0) is 11.2 Å². The predicted octanol–water partition coefficient (Wildman–Crippen LogP) is 1.93. The van der Waals surface area contributed by atoms with Crippen LogP contribution in [0.4, 0.5) is 0 Å². The highest BCUT2D eigenvalue weighted by Crippen LogP contribution is 2.01. The summed E-state index contributed by atoms with van der Waals surface area (Å²) in [5.41, 5.74) is 1.00. The van der Waals surface area contributed by atoms with Crippen molar-refractivity contribution in [3.63, 3.8) is 0 Å². The Morgan fingerprint density at radius 2 is 2.00 bits per heavy atom. The van der Waals surface area contributed by atoms with Crippen LogP contribution in [0.5, 0.6) is 0 Å². The van der Waals surface area contributed by atoms with Crippen LogP contribution < -0.4 is 5.32 Å². The summed E-state index contributed by atoms with van der Waals surface area (Å²) < 4.78 is 0. The molecule has 0 spiro atoms. The third-order valence-electron chi connectivity index (χ3n) is 2.23. The number of nitrogens with zero attached hydrogens (tertiary/aromatic N) is 1. The molecular formula is C14H18N2O. The standard InChI is InChI=1S/C14H18N2O/c1-4-8-13(16(2)3)15-14(17)11-12-9-6-5-7-10-12/h4-10H,1,11H2,2-3H3,(H,15,17)/b13-8-. The van der Waals surface area contributed by atoms with Crippen molar-refractivity contribution in [2.24, 2.45) is 0 Å². The van der Waals surface area contributed by atoms with E-state index in [0.29, 0.717) is 6.42 Å². The molecule has 1 rings (SSSR count). The maximum Gasteiger partial charge on any atom is 0.229 e. The first-order valence-corrected chi connectivity index (χ1v) is 5.47. The van der Waals surface area contributed by atoms with Crippen LogP contribution in [-0.4, -0.2) is 24.9 Å².